The van der Waals surface area contributed by atoms with E-state index in [-0.39, 0.29) is 0 Å². The lowest BCUT2D eigenvalue weighted by atomic mass is 9.82. The molecule has 0 aromatic rings. The van der Waals surface area contributed by atoms with Gasteiger partial charge in [0.1, 0.15) is 0 Å². The predicted molar refractivity (Wildman–Crippen MR) is 80.5 cm³/mol. The highest BCUT2D eigenvalue weighted by Crippen LogP contribution is 2.32. The highest BCUT2D eigenvalue weighted by Gasteiger charge is 2.35. The molecule has 1 N–H and O–H groups in total. The molecular formula is C16H32N2O. The van der Waals surface area contributed by atoms with Crippen LogP contribution < -0.4 is 5.32 Å². The summed E-state index contributed by atoms with van der Waals surface area (Å²) in [6.45, 7) is 7.30. The molecule has 0 spiro atoms. The second-order valence-electron chi connectivity index (χ2n) is 6.82. The van der Waals surface area contributed by atoms with Crippen LogP contribution in [0.15, 0.2) is 0 Å². The molecule has 0 aliphatic carbocycles. The molecule has 2 heterocycles. The molecule has 0 aromatic carbocycles. The van der Waals surface area contributed by atoms with E-state index in [1.54, 1.807) is 0 Å². The van der Waals surface area contributed by atoms with Gasteiger partial charge in [-0.25, -0.2) is 0 Å². The minimum absolute atomic E-state index is 0.722. The topological polar surface area (TPSA) is 24.5 Å². The molecule has 2 saturated heterocycles. The van der Waals surface area contributed by atoms with Crippen LogP contribution in [0.1, 0.15) is 52.4 Å². The van der Waals surface area contributed by atoms with Crippen molar-refractivity contribution in [1.29, 1.82) is 0 Å². The normalized spacial score (nSPS) is 31.9. The highest BCUT2D eigenvalue weighted by atomic mass is 16.5. The molecule has 2 aliphatic heterocycles. The summed E-state index contributed by atoms with van der Waals surface area (Å²) in [5, 5.41) is 3.71. The van der Waals surface area contributed by atoms with Gasteiger partial charge in [0.25, 0.3) is 0 Å². The summed E-state index contributed by atoms with van der Waals surface area (Å²) >= 11 is 0. The Bertz CT molecular complexity index is 243. The smallest absolute Gasteiger partial charge is 0.0591 e. The van der Waals surface area contributed by atoms with Crippen LogP contribution in [0.5, 0.6) is 0 Å². The Hall–Kier alpha value is -0.120. The number of piperidine rings is 2. The van der Waals surface area contributed by atoms with Crippen molar-refractivity contribution in [2.45, 2.75) is 70.5 Å². The Morgan fingerprint density at radius 3 is 2.47 bits per heavy atom. The predicted octanol–water partition coefficient (Wildman–Crippen LogP) is 2.65. The van der Waals surface area contributed by atoms with Crippen molar-refractivity contribution in [3.63, 3.8) is 0 Å². The first kappa shape index (κ1) is 15.3. The Balaban J connectivity index is 1.57. The molecular weight excluding hydrogens is 236 g/mol. The van der Waals surface area contributed by atoms with Crippen LogP contribution in [0.25, 0.3) is 0 Å². The molecule has 0 radical (unpaired) electrons. The fourth-order valence-corrected chi connectivity index (χ4v) is 3.54. The molecule has 2 bridgehead atoms. The quantitative estimate of drug-likeness (QED) is 0.718. The fraction of sp³-hybridized carbons (Fsp3) is 1.00. The van der Waals surface area contributed by atoms with Crippen molar-refractivity contribution in [1.82, 2.24) is 10.2 Å². The van der Waals surface area contributed by atoms with Gasteiger partial charge in [0.05, 0.1) is 6.61 Å². The van der Waals surface area contributed by atoms with E-state index in [9.17, 15) is 0 Å². The molecule has 112 valence electrons. The second kappa shape index (κ2) is 7.61. The van der Waals surface area contributed by atoms with Crippen molar-refractivity contribution < 1.29 is 4.74 Å². The molecule has 2 atom stereocenters. The van der Waals surface area contributed by atoms with Crippen LogP contribution in [0.2, 0.25) is 0 Å². The zero-order valence-corrected chi connectivity index (χ0v) is 13.0. The summed E-state index contributed by atoms with van der Waals surface area (Å²) < 4.78 is 5.68. The van der Waals surface area contributed by atoms with Crippen molar-refractivity contribution >= 4 is 0 Å². The summed E-state index contributed by atoms with van der Waals surface area (Å²) in [6.07, 6.45) is 8.08. The summed E-state index contributed by atoms with van der Waals surface area (Å²) in [6, 6.07) is 2.37. The molecule has 2 fully saturated rings. The van der Waals surface area contributed by atoms with Crippen LogP contribution in [0.3, 0.4) is 0 Å². The van der Waals surface area contributed by atoms with E-state index in [2.05, 4.69) is 31.1 Å². The molecule has 2 unspecified atom stereocenters. The van der Waals surface area contributed by atoms with Crippen LogP contribution in [-0.2, 0) is 4.74 Å². The van der Waals surface area contributed by atoms with Crippen molar-refractivity contribution in [3.05, 3.63) is 0 Å². The number of ether oxygens (including phenoxy) is 1. The van der Waals surface area contributed by atoms with Gasteiger partial charge in [0.15, 0.2) is 0 Å². The second-order valence-corrected chi connectivity index (χ2v) is 6.82. The summed E-state index contributed by atoms with van der Waals surface area (Å²) in [5.74, 6) is 0.751. The SMILES string of the molecule is CC(C)CCOCCNC1CC2CCCC(C1)N2C. The molecule has 2 aliphatic rings. The van der Waals surface area contributed by atoms with E-state index in [1.807, 2.05) is 0 Å². The summed E-state index contributed by atoms with van der Waals surface area (Å²) in [7, 11) is 2.32. The Morgan fingerprint density at radius 1 is 1.16 bits per heavy atom. The third-order valence-electron chi connectivity index (χ3n) is 4.86. The molecule has 3 heteroatoms. The lowest BCUT2D eigenvalue weighted by molar-refractivity contribution is 0.0452. The number of rotatable bonds is 7. The van der Waals surface area contributed by atoms with Gasteiger partial charge in [-0.3, -0.25) is 0 Å². The number of fused-ring (bicyclic) bond motifs is 2. The fourth-order valence-electron chi connectivity index (χ4n) is 3.54. The van der Waals surface area contributed by atoms with Gasteiger partial charge in [-0.1, -0.05) is 20.3 Å². The van der Waals surface area contributed by atoms with Crippen molar-refractivity contribution in [2.24, 2.45) is 5.92 Å². The zero-order valence-electron chi connectivity index (χ0n) is 13.0. The first-order valence-corrected chi connectivity index (χ1v) is 8.20. The van der Waals surface area contributed by atoms with E-state index in [0.29, 0.717) is 0 Å². The summed E-state index contributed by atoms with van der Waals surface area (Å²) in [5.41, 5.74) is 0. The molecule has 3 nitrogen and oxygen atoms in total. The van der Waals surface area contributed by atoms with Crippen molar-refractivity contribution in [3.8, 4) is 0 Å². The average Bonchev–Trinajstić information content (AvgIpc) is 2.34. The first-order valence-electron chi connectivity index (χ1n) is 8.20. The van der Waals surface area contributed by atoms with Gasteiger partial charge in [0, 0.05) is 31.3 Å². The summed E-state index contributed by atoms with van der Waals surface area (Å²) in [4.78, 5) is 2.63. The minimum Gasteiger partial charge on any atom is -0.380 e. The average molecular weight is 268 g/mol. The Morgan fingerprint density at radius 2 is 1.84 bits per heavy atom. The van der Waals surface area contributed by atoms with E-state index in [4.69, 9.17) is 4.74 Å². The maximum Gasteiger partial charge on any atom is 0.0591 e. The lowest BCUT2D eigenvalue weighted by Crippen LogP contribution is -2.54. The lowest BCUT2D eigenvalue weighted by Gasteiger charge is -2.47. The van der Waals surface area contributed by atoms with Gasteiger partial charge in [-0.05, 0) is 45.1 Å². The van der Waals surface area contributed by atoms with Gasteiger partial charge in [-0.2, -0.15) is 0 Å². The molecule has 0 aromatic heterocycles. The third-order valence-corrected chi connectivity index (χ3v) is 4.86. The Labute approximate surface area is 119 Å². The molecule has 19 heavy (non-hydrogen) atoms. The van der Waals surface area contributed by atoms with Gasteiger partial charge >= 0.3 is 0 Å². The van der Waals surface area contributed by atoms with Crippen LogP contribution in [0, 0.1) is 5.92 Å². The minimum atomic E-state index is 0.722. The van der Waals surface area contributed by atoms with Gasteiger partial charge in [-0.15, -0.1) is 0 Å². The van der Waals surface area contributed by atoms with Crippen LogP contribution in [0.4, 0.5) is 0 Å². The third kappa shape index (κ3) is 4.73. The monoisotopic (exact) mass is 268 g/mol. The van der Waals surface area contributed by atoms with E-state index in [1.165, 1.54) is 38.5 Å². The maximum atomic E-state index is 5.68. The van der Waals surface area contributed by atoms with E-state index in [0.717, 1.165) is 43.8 Å². The number of hydrogen-bond donors (Lipinski definition) is 1. The maximum absolute atomic E-state index is 5.68. The molecule has 2 rings (SSSR count). The number of nitrogens with one attached hydrogen (secondary N) is 1. The van der Waals surface area contributed by atoms with Crippen LogP contribution in [-0.4, -0.2) is 49.8 Å². The number of nitrogens with zero attached hydrogens (tertiary/aromatic N) is 1. The standard InChI is InChI=1S/C16H32N2O/c1-13(2)7-9-19-10-8-17-14-11-15-5-4-6-16(12-14)18(15)3/h13-17H,4-12H2,1-3H3. The molecule has 0 amide bonds. The largest absolute Gasteiger partial charge is 0.380 e. The Kier molecular flexibility index (Phi) is 6.11. The first-order chi connectivity index (χ1) is 9.16. The van der Waals surface area contributed by atoms with Crippen molar-refractivity contribution in [2.75, 3.05) is 26.8 Å². The zero-order chi connectivity index (χ0) is 13.7. The van der Waals surface area contributed by atoms with E-state index < -0.39 is 0 Å². The van der Waals surface area contributed by atoms with Gasteiger partial charge in [0.2, 0.25) is 0 Å². The van der Waals surface area contributed by atoms with Gasteiger partial charge < -0.3 is 15.0 Å². The highest BCUT2D eigenvalue weighted by molar-refractivity contribution is 4.93. The molecule has 0 saturated carbocycles. The van der Waals surface area contributed by atoms with Crippen LogP contribution >= 0.6 is 0 Å². The number of hydrogen-bond acceptors (Lipinski definition) is 3. The van der Waals surface area contributed by atoms with E-state index >= 15 is 0 Å².